The topological polar surface area (TPSA) is 58.6 Å². The third-order valence-corrected chi connectivity index (χ3v) is 3.97. The van der Waals surface area contributed by atoms with Crippen molar-refractivity contribution in [3.05, 3.63) is 65.7 Å². The lowest BCUT2D eigenvalue weighted by Gasteiger charge is -2.15. The van der Waals surface area contributed by atoms with Crippen molar-refractivity contribution < 1.29 is 5.11 Å². The maximum atomic E-state index is 10.4. The molecule has 0 bridgehead atoms. The number of nitrogens with zero attached hydrogens (tertiary/aromatic N) is 1. The molecule has 1 aliphatic rings. The van der Waals surface area contributed by atoms with Gasteiger partial charge in [0.25, 0.3) is 0 Å². The highest BCUT2D eigenvalue weighted by atomic mass is 16.3. The number of aliphatic imine (C=N–C) groups is 1. The molecule has 0 aliphatic carbocycles. The van der Waals surface area contributed by atoms with Gasteiger partial charge in [-0.25, -0.2) is 0 Å². The monoisotopic (exact) mass is 280 g/mol. The number of nitrogens with two attached hydrogens (primary N) is 1. The summed E-state index contributed by atoms with van der Waals surface area (Å²) in [7, 11) is 0. The van der Waals surface area contributed by atoms with Crippen LogP contribution in [-0.4, -0.2) is 16.9 Å². The summed E-state index contributed by atoms with van der Waals surface area (Å²) in [5.41, 5.74) is 9.81. The van der Waals surface area contributed by atoms with Crippen molar-refractivity contribution in [2.24, 2.45) is 4.99 Å². The fourth-order valence-electron chi connectivity index (χ4n) is 2.78. The van der Waals surface area contributed by atoms with Crippen LogP contribution in [0.1, 0.15) is 30.1 Å². The summed E-state index contributed by atoms with van der Waals surface area (Å²) in [5.74, 6) is 0. The number of aliphatic hydroxyl groups is 1. The minimum absolute atomic E-state index is 0.0174. The van der Waals surface area contributed by atoms with E-state index in [1.807, 2.05) is 54.6 Å². The molecule has 0 radical (unpaired) electrons. The van der Waals surface area contributed by atoms with Gasteiger partial charge in [0.15, 0.2) is 0 Å². The molecule has 1 aliphatic heterocycles. The molecule has 0 aromatic heterocycles. The highest BCUT2D eigenvalue weighted by molar-refractivity contribution is 5.88. The number of nitrogen functional groups attached to an aromatic ring is 1. The van der Waals surface area contributed by atoms with Gasteiger partial charge >= 0.3 is 0 Å². The van der Waals surface area contributed by atoms with Crippen molar-refractivity contribution in [2.45, 2.75) is 31.4 Å². The van der Waals surface area contributed by atoms with E-state index in [1.54, 1.807) is 0 Å². The van der Waals surface area contributed by atoms with Crippen LogP contribution in [-0.2, 0) is 6.42 Å². The summed E-state index contributed by atoms with van der Waals surface area (Å²) in [6.45, 7) is 0. The summed E-state index contributed by atoms with van der Waals surface area (Å²) in [5, 5.41) is 10.4. The van der Waals surface area contributed by atoms with Crippen LogP contribution in [0.2, 0.25) is 0 Å². The van der Waals surface area contributed by atoms with Crippen LogP contribution in [0, 0.1) is 0 Å². The molecule has 2 aromatic rings. The van der Waals surface area contributed by atoms with Crippen molar-refractivity contribution >= 4 is 11.4 Å². The van der Waals surface area contributed by atoms with Crippen LogP contribution in [0.4, 0.5) is 5.69 Å². The second kappa shape index (κ2) is 6.10. The smallest absolute Gasteiger partial charge is 0.101 e. The van der Waals surface area contributed by atoms with Gasteiger partial charge in [0, 0.05) is 17.8 Å². The maximum Gasteiger partial charge on any atom is 0.101 e. The molecule has 3 nitrogen and oxygen atoms in total. The predicted octanol–water partition coefficient (Wildman–Crippen LogP) is 3.15. The number of hydrogen-bond donors (Lipinski definition) is 2. The highest BCUT2D eigenvalue weighted by Gasteiger charge is 2.25. The molecule has 21 heavy (non-hydrogen) atoms. The molecule has 0 saturated carbocycles. The Kier molecular flexibility index (Phi) is 4.02. The zero-order chi connectivity index (χ0) is 14.7. The lowest BCUT2D eigenvalue weighted by Crippen LogP contribution is -2.13. The van der Waals surface area contributed by atoms with E-state index >= 15 is 0 Å². The number of aliphatic hydroxyl groups excluding tert-OH is 1. The van der Waals surface area contributed by atoms with Gasteiger partial charge in [-0.1, -0.05) is 42.5 Å². The molecule has 0 spiro atoms. The van der Waals surface area contributed by atoms with E-state index < -0.39 is 6.10 Å². The first-order chi connectivity index (χ1) is 10.2. The van der Waals surface area contributed by atoms with Crippen LogP contribution >= 0.6 is 0 Å². The quantitative estimate of drug-likeness (QED) is 0.845. The van der Waals surface area contributed by atoms with E-state index in [1.165, 1.54) is 11.3 Å². The fraction of sp³-hybridized carbons (Fsp3) is 0.278. The fourth-order valence-corrected chi connectivity index (χ4v) is 2.78. The van der Waals surface area contributed by atoms with Gasteiger partial charge in [0.2, 0.25) is 0 Å². The minimum Gasteiger partial charge on any atom is -0.399 e. The molecule has 2 aromatic carbocycles. The average molecular weight is 280 g/mol. The Labute approximate surface area is 125 Å². The van der Waals surface area contributed by atoms with E-state index in [2.05, 4.69) is 0 Å². The van der Waals surface area contributed by atoms with Crippen molar-refractivity contribution in [2.75, 3.05) is 5.73 Å². The summed E-state index contributed by atoms with van der Waals surface area (Å²) in [6, 6.07) is 17.7. The Morgan fingerprint density at radius 1 is 1.10 bits per heavy atom. The number of benzene rings is 2. The van der Waals surface area contributed by atoms with Crippen LogP contribution < -0.4 is 5.73 Å². The van der Waals surface area contributed by atoms with Gasteiger partial charge < -0.3 is 10.8 Å². The average Bonchev–Trinajstić information content (AvgIpc) is 2.98. The minimum atomic E-state index is -0.505. The van der Waals surface area contributed by atoms with Crippen LogP contribution in [0.15, 0.2) is 59.6 Å². The Morgan fingerprint density at radius 2 is 1.81 bits per heavy atom. The molecule has 0 amide bonds. The summed E-state index contributed by atoms with van der Waals surface area (Å²) < 4.78 is 0. The van der Waals surface area contributed by atoms with E-state index in [4.69, 9.17) is 10.7 Å². The van der Waals surface area contributed by atoms with Gasteiger partial charge in [0.1, 0.15) is 6.10 Å². The Hall–Kier alpha value is -2.13. The van der Waals surface area contributed by atoms with E-state index in [9.17, 15) is 5.11 Å². The van der Waals surface area contributed by atoms with Gasteiger partial charge in [-0.3, -0.25) is 4.99 Å². The summed E-state index contributed by atoms with van der Waals surface area (Å²) in [4.78, 5) is 4.72. The lowest BCUT2D eigenvalue weighted by molar-refractivity contribution is 0.147. The molecule has 3 N–H and O–H groups in total. The van der Waals surface area contributed by atoms with Gasteiger partial charge in [-0.15, -0.1) is 0 Å². The van der Waals surface area contributed by atoms with Gasteiger partial charge in [0.05, 0.1) is 6.04 Å². The number of anilines is 1. The predicted molar refractivity (Wildman–Crippen MR) is 86.4 cm³/mol. The van der Waals surface area contributed by atoms with Crippen molar-refractivity contribution in [1.29, 1.82) is 0 Å². The molecule has 1 heterocycles. The van der Waals surface area contributed by atoms with Crippen molar-refractivity contribution in [3.8, 4) is 0 Å². The third kappa shape index (κ3) is 3.31. The molecule has 0 saturated heterocycles. The number of rotatable bonds is 4. The Bertz CT molecular complexity index is 619. The second-order valence-corrected chi connectivity index (χ2v) is 5.58. The third-order valence-electron chi connectivity index (χ3n) is 3.97. The van der Waals surface area contributed by atoms with E-state index in [-0.39, 0.29) is 6.04 Å². The Balaban J connectivity index is 1.68. The largest absolute Gasteiger partial charge is 0.399 e. The first-order valence-corrected chi connectivity index (χ1v) is 7.35. The zero-order valence-corrected chi connectivity index (χ0v) is 11.9. The molecule has 0 unspecified atom stereocenters. The molecular weight excluding hydrogens is 260 g/mol. The van der Waals surface area contributed by atoms with Crippen molar-refractivity contribution in [1.82, 2.24) is 0 Å². The van der Waals surface area contributed by atoms with Gasteiger partial charge in [-0.05, 0) is 36.1 Å². The molecule has 3 heteroatoms. The first-order valence-electron chi connectivity index (χ1n) is 7.35. The van der Waals surface area contributed by atoms with Crippen molar-refractivity contribution in [3.63, 3.8) is 0 Å². The molecule has 2 atom stereocenters. The Morgan fingerprint density at radius 3 is 2.52 bits per heavy atom. The van der Waals surface area contributed by atoms with Crippen LogP contribution in [0.25, 0.3) is 0 Å². The first kappa shape index (κ1) is 13.8. The molecule has 108 valence electrons. The van der Waals surface area contributed by atoms with Crippen LogP contribution in [0.5, 0.6) is 0 Å². The van der Waals surface area contributed by atoms with E-state index in [0.717, 1.165) is 30.5 Å². The highest BCUT2D eigenvalue weighted by Crippen LogP contribution is 2.27. The molecule has 3 rings (SSSR count). The normalized spacial score (nSPS) is 19.3. The maximum absolute atomic E-state index is 10.4. The van der Waals surface area contributed by atoms with Gasteiger partial charge in [-0.2, -0.15) is 0 Å². The molecule has 0 fully saturated rings. The summed E-state index contributed by atoms with van der Waals surface area (Å²) in [6.07, 6.45) is 2.22. The number of hydrogen-bond acceptors (Lipinski definition) is 3. The molecular formula is C18H20N2O. The SMILES string of the molecule is Nc1ccc(CC2=N[C@@H]([C@H](O)c3ccccc3)CC2)cc1. The van der Waals surface area contributed by atoms with Crippen LogP contribution in [0.3, 0.4) is 0 Å². The second-order valence-electron chi connectivity index (χ2n) is 5.58. The van der Waals surface area contributed by atoms with E-state index in [0.29, 0.717) is 0 Å². The summed E-state index contributed by atoms with van der Waals surface area (Å²) >= 11 is 0. The standard InChI is InChI=1S/C18H20N2O/c19-15-8-6-13(7-9-15)12-16-10-11-17(20-16)18(21)14-4-2-1-3-5-14/h1-9,17-18,21H,10-12,19H2/t17-,18-/m1/s1. The zero-order valence-electron chi connectivity index (χ0n) is 11.9. The lowest BCUT2D eigenvalue weighted by atomic mass is 10.00.